The van der Waals surface area contributed by atoms with Crippen molar-refractivity contribution in [2.45, 2.75) is 20.8 Å². The van der Waals surface area contributed by atoms with Crippen molar-refractivity contribution in [2.24, 2.45) is 0 Å². The highest BCUT2D eigenvalue weighted by atomic mass is 16.5. The van der Waals surface area contributed by atoms with E-state index >= 15 is 0 Å². The van der Waals surface area contributed by atoms with Gasteiger partial charge in [0.25, 0.3) is 5.91 Å². The lowest BCUT2D eigenvalue weighted by Gasteiger charge is -2.10. The molecule has 4 rings (SSSR count). The van der Waals surface area contributed by atoms with Crippen LogP contribution < -0.4 is 10.1 Å². The van der Waals surface area contributed by atoms with E-state index < -0.39 is 0 Å². The van der Waals surface area contributed by atoms with Gasteiger partial charge in [0.05, 0.1) is 12.3 Å². The second-order valence-corrected chi connectivity index (χ2v) is 7.24. The van der Waals surface area contributed by atoms with Crippen molar-refractivity contribution < 1.29 is 9.53 Å². The summed E-state index contributed by atoms with van der Waals surface area (Å²) >= 11 is 0. The van der Waals surface area contributed by atoms with Crippen LogP contribution in [0.3, 0.4) is 0 Å². The first-order valence-electron chi connectivity index (χ1n) is 10.2. The molecule has 0 aliphatic rings. The summed E-state index contributed by atoms with van der Waals surface area (Å²) in [6, 6.07) is 23.1. The number of ether oxygens (including phenoxy) is 1. The monoisotopic (exact) mass is 412 g/mol. The van der Waals surface area contributed by atoms with Gasteiger partial charge in [-0.1, -0.05) is 42.5 Å². The summed E-state index contributed by atoms with van der Waals surface area (Å²) in [5.41, 5.74) is 4.59. The van der Waals surface area contributed by atoms with Crippen molar-refractivity contribution in [3.05, 3.63) is 89.7 Å². The van der Waals surface area contributed by atoms with Crippen molar-refractivity contribution in [2.75, 3.05) is 11.9 Å². The molecule has 0 bridgehead atoms. The van der Waals surface area contributed by atoms with Gasteiger partial charge in [-0.2, -0.15) is 0 Å². The minimum absolute atomic E-state index is 0.105. The third kappa shape index (κ3) is 4.48. The molecule has 6 heteroatoms. The minimum Gasteiger partial charge on any atom is -0.494 e. The standard InChI is InChI=1S/C25H24N4O2/c1-4-31-21-14-12-20(13-15-21)26-25(30)23-27-24(19-8-6-5-7-9-19)29(28-23)22-16-17(2)10-11-18(22)3/h5-16H,4H2,1-3H3,(H,26,30). The average molecular weight is 412 g/mol. The van der Waals surface area contributed by atoms with Crippen LogP contribution in [0.4, 0.5) is 5.69 Å². The SMILES string of the molecule is CCOc1ccc(NC(=O)c2nc(-c3ccccc3)n(-c3cc(C)ccc3C)n2)cc1. The van der Waals surface area contributed by atoms with Crippen LogP contribution in [0.25, 0.3) is 17.1 Å². The molecule has 4 aromatic rings. The van der Waals surface area contributed by atoms with Gasteiger partial charge in [-0.15, -0.1) is 5.10 Å². The van der Waals surface area contributed by atoms with Crippen molar-refractivity contribution in [3.63, 3.8) is 0 Å². The minimum atomic E-state index is -0.370. The number of nitrogens with one attached hydrogen (secondary N) is 1. The van der Waals surface area contributed by atoms with Crippen LogP contribution >= 0.6 is 0 Å². The number of hydrogen-bond donors (Lipinski definition) is 1. The number of amides is 1. The van der Waals surface area contributed by atoms with Gasteiger partial charge in [-0.25, -0.2) is 9.67 Å². The van der Waals surface area contributed by atoms with E-state index in [0.717, 1.165) is 28.1 Å². The first-order valence-corrected chi connectivity index (χ1v) is 10.2. The molecule has 1 heterocycles. The van der Waals surface area contributed by atoms with Crippen molar-refractivity contribution in [3.8, 4) is 22.8 Å². The second-order valence-electron chi connectivity index (χ2n) is 7.24. The highest BCUT2D eigenvalue weighted by molar-refractivity contribution is 6.01. The molecule has 1 N–H and O–H groups in total. The Morgan fingerprint density at radius 2 is 1.74 bits per heavy atom. The number of aromatic nitrogens is 3. The predicted octanol–water partition coefficient (Wildman–Crippen LogP) is 5.20. The molecule has 0 atom stereocenters. The molecule has 1 aromatic heterocycles. The Bertz CT molecular complexity index is 1200. The topological polar surface area (TPSA) is 69.0 Å². The molecular weight excluding hydrogens is 388 g/mol. The molecule has 0 saturated carbocycles. The molecule has 0 unspecified atom stereocenters. The molecule has 1 amide bonds. The van der Waals surface area contributed by atoms with Crippen LogP contribution in [-0.4, -0.2) is 27.3 Å². The summed E-state index contributed by atoms with van der Waals surface area (Å²) in [5.74, 6) is 1.11. The van der Waals surface area contributed by atoms with Gasteiger partial charge < -0.3 is 10.1 Å². The molecule has 6 nitrogen and oxygen atoms in total. The van der Waals surface area contributed by atoms with Gasteiger partial charge >= 0.3 is 0 Å². The summed E-state index contributed by atoms with van der Waals surface area (Å²) in [7, 11) is 0. The molecule has 0 spiro atoms. The maximum absolute atomic E-state index is 12.9. The number of anilines is 1. The summed E-state index contributed by atoms with van der Waals surface area (Å²) in [6.45, 7) is 6.57. The van der Waals surface area contributed by atoms with Crippen molar-refractivity contribution >= 4 is 11.6 Å². The molecular formula is C25H24N4O2. The number of rotatable bonds is 6. The fourth-order valence-corrected chi connectivity index (χ4v) is 3.29. The van der Waals surface area contributed by atoms with E-state index in [2.05, 4.69) is 21.5 Å². The van der Waals surface area contributed by atoms with Gasteiger partial charge in [0.1, 0.15) is 5.75 Å². The van der Waals surface area contributed by atoms with Gasteiger partial charge in [0.15, 0.2) is 5.82 Å². The van der Waals surface area contributed by atoms with E-state index in [1.807, 2.05) is 75.4 Å². The molecule has 3 aromatic carbocycles. The number of aryl methyl sites for hydroxylation is 2. The lowest BCUT2D eigenvalue weighted by Crippen LogP contribution is -2.14. The average Bonchev–Trinajstić information content (AvgIpc) is 3.23. The zero-order valence-electron chi connectivity index (χ0n) is 17.8. The van der Waals surface area contributed by atoms with Crippen LogP contribution in [0.15, 0.2) is 72.8 Å². The number of nitrogens with zero attached hydrogens (tertiary/aromatic N) is 3. The third-order valence-electron chi connectivity index (χ3n) is 4.86. The Balaban J connectivity index is 1.71. The Morgan fingerprint density at radius 3 is 2.45 bits per heavy atom. The largest absolute Gasteiger partial charge is 0.494 e. The van der Waals surface area contributed by atoms with E-state index in [1.54, 1.807) is 16.8 Å². The van der Waals surface area contributed by atoms with Crippen molar-refractivity contribution in [1.82, 2.24) is 14.8 Å². The first-order chi connectivity index (χ1) is 15.0. The molecule has 0 fully saturated rings. The zero-order valence-corrected chi connectivity index (χ0v) is 17.8. The fourth-order valence-electron chi connectivity index (χ4n) is 3.29. The van der Waals surface area contributed by atoms with Gasteiger partial charge in [0, 0.05) is 11.3 Å². The molecule has 31 heavy (non-hydrogen) atoms. The van der Waals surface area contributed by atoms with Gasteiger partial charge in [0.2, 0.25) is 5.82 Å². The van der Waals surface area contributed by atoms with Crippen molar-refractivity contribution in [1.29, 1.82) is 0 Å². The van der Waals surface area contributed by atoms with Crippen LogP contribution in [0.2, 0.25) is 0 Å². The number of hydrogen-bond acceptors (Lipinski definition) is 4. The normalized spacial score (nSPS) is 10.7. The van der Waals surface area contributed by atoms with Crippen LogP contribution in [0.5, 0.6) is 5.75 Å². The van der Waals surface area contributed by atoms with E-state index in [4.69, 9.17) is 4.74 Å². The van der Waals surface area contributed by atoms with E-state index in [-0.39, 0.29) is 11.7 Å². The smallest absolute Gasteiger partial charge is 0.295 e. The fraction of sp³-hybridized carbons (Fsp3) is 0.160. The van der Waals surface area contributed by atoms with Crippen LogP contribution in [0, 0.1) is 13.8 Å². The lowest BCUT2D eigenvalue weighted by atomic mass is 10.1. The molecule has 0 aliphatic carbocycles. The lowest BCUT2D eigenvalue weighted by molar-refractivity contribution is 0.101. The van der Waals surface area contributed by atoms with Crippen LogP contribution in [0.1, 0.15) is 28.7 Å². The summed E-state index contributed by atoms with van der Waals surface area (Å²) < 4.78 is 7.19. The Kier molecular flexibility index (Phi) is 5.80. The number of benzene rings is 3. The highest BCUT2D eigenvalue weighted by Gasteiger charge is 2.20. The summed E-state index contributed by atoms with van der Waals surface area (Å²) in [6.07, 6.45) is 0. The van der Waals surface area contributed by atoms with Crippen LogP contribution in [-0.2, 0) is 0 Å². The highest BCUT2D eigenvalue weighted by Crippen LogP contribution is 2.24. The Hall–Kier alpha value is -3.93. The number of carbonyl (C=O) groups excluding carboxylic acids is 1. The Labute approximate surface area is 181 Å². The molecule has 156 valence electrons. The molecule has 0 radical (unpaired) electrons. The predicted molar refractivity (Wildman–Crippen MR) is 122 cm³/mol. The molecule has 0 saturated heterocycles. The summed E-state index contributed by atoms with van der Waals surface area (Å²) in [5, 5.41) is 7.43. The summed E-state index contributed by atoms with van der Waals surface area (Å²) in [4.78, 5) is 17.5. The zero-order chi connectivity index (χ0) is 21.8. The molecule has 0 aliphatic heterocycles. The maximum atomic E-state index is 12.9. The van der Waals surface area contributed by atoms with E-state index in [1.165, 1.54) is 0 Å². The van der Waals surface area contributed by atoms with E-state index in [0.29, 0.717) is 18.1 Å². The van der Waals surface area contributed by atoms with Gasteiger partial charge in [-0.05, 0) is 62.2 Å². The third-order valence-corrected chi connectivity index (χ3v) is 4.86. The van der Waals surface area contributed by atoms with Gasteiger partial charge in [-0.3, -0.25) is 4.79 Å². The Morgan fingerprint density at radius 1 is 1.00 bits per heavy atom. The first kappa shape index (κ1) is 20.3. The second kappa shape index (κ2) is 8.83. The maximum Gasteiger partial charge on any atom is 0.295 e. The quantitative estimate of drug-likeness (QED) is 0.472. The van der Waals surface area contributed by atoms with E-state index in [9.17, 15) is 4.79 Å². The number of carbonyl (C=O) groups is 1.